The van der Waals surface area contributed by atoms with Gasteiger partial charge in [-0.05, 0) is 25.3 Å². The van der Waals surface area contributed by atoms with Crippen LogP contribution in [0.1, 0.15) is 29.8 Å². The molecule has 0 amide bonds. The fourth-order valence-electron chi connectivity index (χ4n) is 2.32. The molecule has 0 aliphatic carbocycles. The van der Waals surface area contributed by atoms with E-state index in [1.54, 1.807) is 6.20 Å². The molecule has 7 nitrogen and oxygen atoms in total. The standard InChI is InChI=1S/C13H15N5O2/c19-13(20)10-4-7-18(16-10)12-8-11(14-9-15-12)17-5-2-1-3-6-17/h4,7-9H,1-3,5-6H2,(H,19,20). The highest BCUT2D eigenvalue weighted by Crippen LogP contribution is 2.18. The molecule has 1 aliphatic heterocycles. The minimum absolute atomic E-state index is 0.00290. The average Bonchev–Trinajstić information content (AvgIpc) is 2.98. The summed E-state index contributed by atoms with van der Waals surface area (Å²) in [4.78, 5) is 21.5. The Morgan fingerprint density at radius 1 is 1.15 bits per heavy atom. The molecule has 3 rings (SSSR count). The van der Waals surface area contributed by atoms with Gasteiger partial charge in [0.05, 0.1) is 0 Å². The molecule has 2 aromatic heterocycles. The van der Waals surface area contributed by atoms with Crippen molar-refractivity contribution in [3.05, 3.63) is 30.4 Å². The molecular weight excluding hydrogens is 258 g/mol. The van der Waals surface area contributed by atoms with E-state index in [1.165, 1.54) is 36.3 Å². The topological polar surface area (TPSA) is 84.1 Å². The van der Waals surface area contributed by atoms with Crippen LogP contribution < -0.4 is 4.90 Å². The molecule has 104 valence electrons. The average molecular weight is 273 g/mol. The van der Waals surface area contributed by atoms with Crippen LogP contribution in [0.4, 0.5) is 5.82 Å². The van der Waals surface area contributed by atoms with Gasteiger partial charge in [0, 0.05) is 25.4 Å². The quantitative estimate of drug-likeness (QED) is 0.908. The molecule has 1 fully saturated rings. The van der Waals surface area contributed by atoms with Gasteiger partial charge in [-0.25, -0.2) is 19.4 Å². The molecule has 7 heteroatoms. The van der Waals surface area contributed by atoms with Crippen molar-refractivity contribution in [1.29, 1.82) is 0 Å². The van der Waals surface area contributed by atoms with Crippen molar-refractivity contribution in [2.45, 2.75) is 19.3 Å². The number of piperidine rings is 1. The maximum absolute atomic E-state index is 10.8. The Bertz CT molecular complexity index is 619. The van der Waals surface area contributed by atoms with Crippen LogP contribution in [-0.4, -0.2) is 43.9 Å². The summed E-state index contributed by atoms with van der Waals surface area (Å²) in [5.74, 6) is 0.393. The molecule has 0 radical (unpaired) electrons. The zero-order valence-electron chi connectivity index (χ0n) is 10.9. The summed E-state index contributed by atoms with van der Waals surface area (Å²) in [6.45, 7) is 1.99. The summed E-state index contributed by atoms with van der Waals surface area (Å²) in [6.07, 6.45) is 6.68. The summed E-state index contributed by atoms with van der Waals surface area (Å²) < 4.78 is 1.46. The largest absolute Gasteiger partial charge is 0.476 e. The lowest BCUT2D eigenvalue weighted by Crippen LogP contribution is -2.30. The van der Waals surface area contributed by atoms with Crippen LogP contribution in [0.15, 0.2) is 24.7 Å². The van der Waals surface area contributed by atoms with Gasteiger partial charge in [-0.2, -0.15) is 5.10 Å². The molecule has 1 aliphatic rings. The van der Waals surface area contributed by atoms with E-state index >= 15 is 0 Å². The van der Waals surface area contributed by atoms with Gasteiger partial charge in [-0.15, -0.1) is 0 Å². The van der Waals surface area contributed by atoms with Gasteiger partial charge in [0.15, 0.2) is 11.5 Å². The number of aromatic carboxylic acids is 1. The first-order chi connectivity index (χ1) is 9.74. The Labute approximate surface area is 115 Å². The summed E-state index contributed by atoms with van der Waals surface area (Å²) in [6, 6.07) is 3.29. The summed E-state index contributed by atoms with van der Waals surface area (Å²) in [5, 5.41) is 12.9. The van der Waals surface area contributed by atoms with E-state index in [-0.39, 0.29) is 5.69 Å². The fraction of sp³-hybridized carbons (Fsp3) is 0.385. The van der Waals surface area contributed by atoms with Crippen LogP contribution >= 0.6 is 0 Å². The Balaban J connectivity index is 1.87. The van der Waals surface area contributed by atoms with Crippen molar-refractivity contribution in [3.63, 3.8) is 0 Å². The van der Waals surface area contributed by atoms with Gasteiger partial charge in [0.1, 0.15) is 12.1 Å². The minimum Gasteiger partial charge on any atom is -0.476 e. The number of aromatic nitrogens is 4. The van der Waals surface area contributed by atoms with Crippen molar-refractivity contribution in [2.24, 2.45) is 0 Å². The van der Waals surface area contributed by atoms with Crippen LogP contribution in [0.3, 0.4) is 0 Å². The highest BCUT2D eigenvalue weighted by Gasteiger charge is 2.14. The molecule has 0 saturated carbocycles. The van der Waals surface area contributed by atoms with Crippen LogP contribution in [0.25, 0.3) is 5.82 Å². The third-order valence-corrected chi connectivity index (χ3v) is 3.36. The molecule has 0 spiro atoms. The fourth-order valence-corrected chi connectivity index (χ4v) is 2.32. The third-order valence-electron chi connectivity index (χ3n) is 3.36. The van der Waals surface area contributed by atoms with E-state index in [0.717, 1.165) is 18.9 Å². The molecular formula is C13H15N5O2. The normalized spacial score (nSPS) is 15.3. The maximum atomic E-state index is 10.8. The summed E-state index contributed by atoms with van der Waals surface area (Å²) in [5.41, 5.74) is 0.00290. The Kier molecular flexibility index (Phi) is 3.32. The van der Waals surface area contributed by atoms with Gasteiger partial charge in [0.25, 0.3) is 0 Å². The van der Waals surface area contributed by atoms with Gasteiger partial charge in [-0.1, -0.05) is 0 Å². The predicted molar refractivity (Wildman–Crippen MR) is 72.2 cm³/mol. The predicted octanol–water partition coefficient (Wildman–Crippen LogP) is 1.35. The molecule has 1 saturated heterocycles. The monoisotopic (exact) mass is 273 g/mol. The van der Waals surface area contributed by atoms with E-state index in [4.69, 9.17) is 5.11 Å². The first-order valence-electron chi connectivity index (χ1n) is 6.60. The van der Waals surface area contributed by atoms with Crippen molar-refractivity contribution in [1.82, 2.24) is 19.7 Å². The summed E-state index contributed by atoms with van der Waals surface area (Å²) >= 11 is 0. The van der Waals surface area contributed by atoms with E-state index in [0.29, 0.717) is 5.82 Å². The minimum atomic E-state index is -1.05. The lowest BCUT2D eigenvalue weighted by atomic mass is 10.1. The number of rotatable bonds is 3. The Morgan fingerprint density at radius 2 is 1.90 bits per heavy atom. The molecule has 1 N–H and O–H groups in total. The van der Waals surface area contributed by atoms with Crippen molar-refractivity contribution < 1.29 is 9.90 Å². The van der Waals surface area contributed by atoms with Crippen LogP contribution in [-0.2, 0) is 0 Å². The second-order valence-corrected chi connectivity index (χ2v) is 4.73. The number of carboxylic acids is 1. The highest BCUT2D eigenvalue weighted by molar-refractivity contribution is 5.85. The smallest absolute Gasteiger partial charge is 0.356 e. The summed E-state index contributed by atoms with van der Waals surface area (Å²) in [7, 11) is 0. The Morgan fingerprint density at radius 3 is 2.60 bits per heavy atom. The van der Waals surface area contributed by atoms with Gasteiger partial charge in [0.2, 0.25) is 0 Å². The molecule has 0 unspecified atom stereocenters. The Hall–Kier alpha value is -2.44. The van der Waals surface area contributed by atoms with Gasteiger partial charge < -0.3 is 10.0 Å². The second kappa shape index (κ2) is 5.28. The molecule has 0 aromatic carbocycles. The lowest BCUT2D eigenvalue weighted by molar-refractivity contribution is 0.0690. The number of anilines is 1. The SMILES string of the molecule is O=C(O)c1ccn(-c2cc(N3CCCCC3)ncn2)n1. The number of hydrogen-bond donors (Lipinski definition) is 1. The van der Waals surface area contributed by atoms with Gasteiger partial charge >= 0.3 is 5.97 Å². The molecule has 2 aromatic rings. The van der Waals surface area contributed by atoms with Crippen molar-refractivity contribution >= 4 is 11.8 Å². The second-order valence-electron chi connectivity index (χ2n) is 4.73. The third kappa shape index (κ3) is 2.47. The van der Waals surface area contributed by atoms with E-state index in [1.807, 2.05) is 6.07 Å². The zero-order valence-corrected chi connectivity index (χ0v) is 10.9. The number of carboxylic acid groups (broad SMARTS) is 1. The molecule has 0 bridgehead atoms. The van der Waals surface area contributed by atoms with Crippen LogP contribution in [0.5, 0.6) is 0 Å². The first kappa shape index (κ1) is 12.6. The van der Waals surface area contributed by atoms with Crippen molar-refractivity contribution in [3.8, 4) is 5.82 Å². The molecule has 20 heavy (non-hydrogen) atoms. The highest BCUT2D eigenvalue weighted by atomic mass is 16.4. The number of carbonyl (C=O) groups is 1. The van der Waals surface area contributed by atoms with E-state index in [9.17, 15) is 4.79 Å². The van der Waals surface area contributed by atoms with Gasteiger partial charge in [-0.3, -0.25) is 0 Å². The first-order valence-corrected chi connectivity index (χ1v) is 6.60. The lowest BCUT2D eigenvalue weighted by Gasteiger charge is -2.27. The number of hydrogen-bond acceptors (Lipinski definition) is 5. The van der Waals surface area contributed by atoms with Crippen LogP contribution in [0.2, 0.25) is 0 Å². The zero-order chi connectivity index (χ0) is 13.9. The maximum Gasteiger partial charge on any atom is 0.356 e. The molecule has 3 heterocycles. The number of nitrogens with zero attached hydrogens (tertiary/aromatic N) is 5. The van der Waals surface area contributed by atoms with Crippen molar-refractivity contribution in [2.75, 3.05) is 18.0 Å². The van der Waals surface area contributed by atoms with E-state index < -0.39 is 5.97 Å². The molecule has 0 atom stereocenters. The van der Waals surface area contributed by atoms with E-state index in [2.05, 4.69) is 20.0 Å². The van der Waals surface area contributed by atoms with Crippen LogP contribution in [0, 0.1) is 0 Å².